The van der Waals surface area contributed by atoms with Gasteiger partial charge in [0.2, 0.25) is 0 Å². The maximum Gasteiger partial charge on any atom is 0.331 e. The molecule has 3 aromatic rings. The quantitative estimate of drug-likeness (QED) is 0.102. The van der Waals surface area contributed by atoms with E-state index in [4.69, 9.17) is 18.9 Å². The lowest BCUT2D eigenvalue weighted by molar-refractivity contribution is -0.146. The summed E-state index contributed by atoms with van der Waals surface area (Å²) in [7, 11) is 0. The maximum absolute atomic E-state index is 14.1. The van der Waals surface area contributed by atoms with Crippen LogP contribution in [0.25, 0.3) is 21.9 Å². The van der Waals surface area contributed by atoms with Crippen LogP contribution >= 0.6 is 0 Å². The second-order valence-corrected chi connectivity index (χ2v) is 11.6. The fraction of sp³-hybridized carbons (Fsp3) is 0.324. The van der Waals surface area contributed by atoms with Gasteiger partial charge in [-0.2, -0.15) is 0 Å². The van der Waals surface area contributed by atoms with E-state index in [2.05, 4.69) is 11.9 Å². The van der Waals surface area contributed by atoms with Gasteiger partial charge in [-0.15, -0.1) is 0 Å². The summed E-state index contributed by atoms with van der Waals surface area (Å²) >= 11 is 0. The number of ketones is 1. The van der Waals surface area contributed by atoms with E-state index in [1.54, 1.807) is 37.3 Å². The van der Waals surface area contributed by atoms with Crippen LogP contribution in [-0.4, -0.2) is 51.1 Å². The topological polar surface area (TPSA) is 165 Å². The molecular formula is C34H31NO10. The van der Waals surface area contributed by atoms with Crippen LogP contribution in [0.1, 0.15) is 59.5 Å². The number of fused-ring (bicyclic) bond motifs is 6. The second kappa shape index (κ2) is 10.8. The normalized spacial score (nSPS) is 22.8. The molecule has 0 saturated carbocycles. The lowest BCUT2D eigenvalue weighted by Crippen LogP contribution is -2.48. The average Bonchev–Trinajstić information content (AvgIpc) is 3.01. The number of esters is 1. The van der Waals surface area contributed by atoms with E-state index in [0.717, 1.165) is 12.8 Å². The molecule has 7 rings (SSSR count). The molecule has 1 aromatic heterocycles. The van der Waals surface area contributed by atoms with Crippen molar-refractivity contribution in [1.29, 1.82) is 0 Å². The Morgan fingerprint density at radius 3 is 2.71 bits per heavy atom. The van der Waals surface area contributed by atoms with Crippen molar-refractivity contribution in [3.05, 3.63) is 75.3 Å². The highest BCUT2D eigenvalue weighted by atomic mass is 16.7. The number of ether oxygens (including phenoxy) is 4. The van der Waals surface area contributed by atoms with Crippen molar-refractivity contribution >= 4 is 22.5 Å². The fourth-order valence-corrected chi connectivity index (χ4v) is 6.80. The van der Waals surface area contributed by atoms with E-state index in [9.17, 15) is 29.7 Å². The van der Waals surface area contributed by atoms with E-state index in [1.807, 2.05) is 6.08 Å². The molecule has 232 valence electrons. The molecule has 11 heteroatoms. The first-order chi connectivity index (χ1) is 21.7. The highest BCUT2D eigenvalue weighted by Crippen LogP contribution is 2.61. The van der Waals surface area contributed by atoms with Gasteiger partial charge in [-0.25, -0.2) is 4.79 Å². The summed E-state index contributed by atoms with van der Waals surface area (Å²) < 4.78 is 23.8. The molecule has 45 heavy (non-hydrogen) atoms. The maximum atomic E-state index is 14.1. The molecule has 3 heterocycles. The van der Waals surface area contributed by atoms with E-state index >= 15 is 0 Å². The summed E-state index contributed by atoms with van der Waals surface area (Å²) in [5.41, 5.74) is 0.328. The molecule has 0 saturated heterocycles. The SMILES string of the molecule is CCC/C=C/C=C/C(=O)O[C@H]1C=CC[C@@H]2C(=O)c3c(O)c4c5c(c3O[C@@H]12)OCO[C@@H]5Cc1c-4c(O)c2c(=O)[nH]c(C)cc2c1O. The number of rotatable bonds is 5. The first-order valence-electron chi connectivity index (χ1n) is 14.9. The number of allylic oxidation sites excluding steroid dienone is 4. The van der Waals surface area contributed by atoms with E-state index in [1.165, 1.54) is 6.08 Å². The zero-order chi connectivity index (χ0) is 31.6. The summed E-state index contributed by atoms with van der Waals surface area (Å²) in [6.07, 6.45) is 9.73. The Morgan fingerprint density at radius 1 is 1.09 bits per heavy atom. The predicted octanol–water partition coefficient (Wildman–Crippen LogP) is 4.93. The minimum absolute atomic E-state index is 0.0124. The van der Waals surface area contributed by atoms with Crippen molar-refractivity contribution in [1.82, 2.24) is 4.98 Å². The van der Waals surface area contributed by atoms with Crippen LogP contribution in [-0.2, 0) is 20.7 Å². The minimum atomic E-state index is -0.888. The Morgan fingerprint density at radius 2 is 1.91 bits per heavy atom. The third-order valence-corrected chi connectivity index (χ3v) is 8.80. The molecule has 11 nitrogen and oxygen atoms in total. The number of aromatic hydroxyl groups is 3. The van der Waals surface area contributed by atoms with Crippen molar-refractivity contribution in [2.45, 2.75) is 57.8 Å². The summed E-state index contributed by atoms with van der Waals surface area (Å²) in [4.78, 5) is 42.3. The van der Waals surface area contributed by atoms with Gasteiger partial charge in [-0.05, 0) is 31.9 Å². The van der Waals surface area contributed by atoms with Crippen LogP contribution in [0.2, 0.25) is 0 Å². The van der Waals surface area contributed by atoms with Crippen LogP contribution < -0.4 is 15.0 Å². The van der Waals surface area contributed by atoms with E-state index < -0.39 is 53.0 Å². The molecule has 2 aliphatic heterocycles. The lowest BCUT2D eigenvalue weighted by atomic mass is 9.75. The number of hydrogen-bond donors (Lipinski definition) is 4. The zero-order valence-electron chi connectivity index (χ0n) is 24.6. The van der Waals surface area contributed by atoms with Crippen LogP contribution in [0.4, 0.5) is 0 Å². The molecule has 4 atom stereocenters. The number of aromatic nitrogens is 1. The highest BCUT2D eigenvalue weighted by molar-refractivity contribution is 6.10. The second-order valence-electron chi connectivity index (χ2n) is 11.6. The summed E-state index contributed by atoms with van der Waals surface area (Å²) in [5, 5.41) is 34.7. The Bertz CT molecular complexity index is 1930. The van der Waals surface area contributed by atoms with Gasteiger partial charge in [-0.3, -0.25) is 9.59 Å². The molecular weight excluding hydrogens is 582 g/mol. The third-order valence-electron chi connectivity index (χ3n) is 8.80. The van der Waals surface area contributed by atoms with Crippen molar-refractivity contribution < 1.29 is 43.9 Å². The van der Waals surface area contributed by atoms with Crippen molar-refractivity contribution in [3.63, 3.8) is 0 Å². The molecule has 4 N–H and O–H groups in total. The monoisotopic (exact) mass is 613 g/mol. The number of pyridine rings is 1. The molecule has 0 fully saturated rings. The summed E-state index contributed by atoms with van der Waals surface area (Å²) in [5.74, 6) is -2.90. The van der Waals surface area contributed by atoms with Gasteiger partial charge in [0, 0.05) is 45.8 Å². The number of carbonyl (C=O) groups excluding carboxylic acids is 2. The van der Waals surface area contributed by atoms with Gasteiger partial charge >= 0.3 is 5.97 Å². The number of hydrogen-bond acceptors (Lipinski definition) is 10. The van der Waals surface area contributed by atoms with Crippen LogP contribution in [0.15, 0.2) is 47.3 Å². The highest BCUT2D eigenvalue weighted by Gasteiger charge is 2.50. The smallest absolute Gasteiger partial charge is 0.331 e. The zero-order valence-corrected chi connectivity index (χ0v) is 24.6. The minimum Gasteiger partial charge on any atom is -0.507 e. The molecule has 0 radical (unpaired) electrons. The van der Waals surface area contributed by atoms with Crippen LogP contribution in [0.5, 0.6) is 28.7 Å². The molecule has 2 aromatic carbocycles. The van der Waals surface area contributed by atoms with Gasteiger partial charge in [0.25, 0.3) is 5.56 Å². The largest absolute Gasteiger partial charge is 0.507 e. The summed E-state index contributed by atoms with van der Waals surface area (Å²) in [6, 6.07) is 1.56. The Hall–Kier alpha value is -5.03. The summed E-state index contributed by atoms with van der Waals surface area (Å²) in [6.45, 7) is 3.51. The van der Waals surface area contributed by atoms with Gasteiger partial charge in [0.1, 0.15) is 28.9 Å². The Labute approximate surface area is 257 Å². The van der Waals surface area contributed by atoms with E-state index in [-0.39, 0.29) is 69.9 Å². The number of aryl methyl sites for hydroxylation is 1. The number of unbranched alkanes of at least 4 members (excludes halogenated alkanes) is 1. The predicted molar refractivity (Wildman–Crippen MR) is 162 cm³/mol. The number of Topliss-reactive ketones (excluding diaryl/α,β-unsaturated/α-hetero) is 1. The first kappa shape index (κ1) is 28.7. The standard InChI is InChI=1S/C34H31NO10/c1-3-4-5-6-7-11-21(36)44-19-10-8-9-16-28(38)26-30(40)25-22-18(27(37)17-12-15(2)35-34(41)23(17)29(22)39)13-20-24(25)32(43-14-42-20)33(26)45-31(16)19/h5-8,10-12,16,19-20,31,37,39-40H,3-4,9,13-14H2,1-2H3,(H,35,41)/b6-5+,11-7+/t16-,19+,20-,31-/m1/s1. The fourth-order valence-electron chi connectivity index (χ4n) is 6.80. The number of nitrogens with one attached hydrogen (secondary N) is 1. The van der Waals surface area contributed by atoms with Crippen LogP contribution in [0.3, 0.4) is 0 Å². The number of H-pyrrole nitrogens is 1. The molecule has 2 aliphatic carbocycles. The van der Waals surface area contributed by atoms with Crippen molar-refractivity contribution in [2.75, 3.05) is 6.79 Å². The van der Waals surface area contributed by atoms with Gasteiger partial charge in [0.05, 0.1) is 17.4 Å². The number of carbonyl (C=O) groups is 2. The first-order valence-corrected chi connectivity index (χ1v) is 14.9. The van der Waals surface area contributed by atoms with Gasteiger partial charge in [-0.1, -0.05) is 37.6 Å². The number of benzene rings is 2. The number of phenols is 3. The number of aromatic amines is 1. The number of phenolic OH excluding ortho intramolecular Hbond substituents is 3. The Balaban J connectivity index is 1.35. The third kappa shape index (κ3) is 4.40. The Kier molecular flexibility index (Phi) is 6.92. The molecule has 4 aliphatic rings. The molecule has 0 amide bonds. The van der Waals surface area contributed by atoms with Gasteiger partial charge < -0.3 is 39.3 Å². The van der Waals surface area contributed by atoms with Crippen LogP contribution in [0, 0.1) is 12.8 Å². The van der Waals surface area contributed by atoms with Crippen molar-refractivity contribution in [3.8, 4) is 39.9 Å². The van der Waals surface area contributed by atoms with Crippen molar-refractivity contribution in [2.24, 2.45) is 5.92 Å². The van der Waals surface area contributed by atoms with E-state index in [0.29, 0.717) is 11.3 Å². The molecule has 0 spiro atoms. The average molecular weight is 614 g/mol. The van der Waals surface area contributed by atoms with Gasteiger partial charge in [0.15, 0.2) is 30.2 Å². The lowest BCUT2D eigenvalue weighted by Gasteiger charge is -2.41. The molecule has 0 unspecified atom stereocenters. The molecule has 0 bridgehead atoms.